The van der Waals surface area contributed by atoms with Crippen LogP contribution in [0.2, 0.25) is 0 Å². The quantitative estimate of drug-likeness (QED) is 0.339. The Morgan fingerprint density at radius 2 is 1.49 bits per heavy atom. The maximum absolute atomic E-state index is 13.2. The van der Waals surface area contributed by atoms with Crippen LogP contribution in [0.25, 0.3) is 11.1 Å². The summed E-state index contributed by atoms with van der Waals surface area (Å²) in [6.07, 6.45) is 0.529. The minimum Gasteiger partial charge on any atom is -0.480 e. The predicted molar refractivity (Wildman–Crippen MR) is 148 cm³/mol. The second kappa shape index (κ2) is 12.4. The summed E-state index contributed by atoms with van der Waals surface area (Å²) in [7, 11) is 0. The number of hydrogen-bond donors (Lipinski definition) is 2. The Balaban J connectivity index is 1.49. The second-order valence-corrected chi connectivity index (χ2v) is 10.1. The van der Waals surface area contributed by atoms with Crippen molar-refractivity contribution in [1.29, 1.82) is 0 Å². The summed E-state index contributed by atoms with van der Waals surface area (Å²) in [6, 6.07) is 22.3. The van der Waals surface area contributed by atoms with E-state index in [9.17, 15) is 24.3 Å². The maximum Gasteiger partial charge on any atom is 0.326 e. The third-order valence-corrected chi connectivity index (χ3v) is 6.86. The van der Waals surface area contributed by atoms with Crippen molar-refractivity contribution in [1.82, 2.24) is 15.1 Å². The van der Waals surface area contributed by atoms with Gasteiger partial charge in [-0.2, -0.15) is 0 Å². The van der Waals surface area contributed by atoms with Gasteiger partial charge in [0, 0.05) is 19.6 Å². The van der Waals surface area contributed by atoms with E-state index in [2.05, 4.69) is 5.32 Å². The average Bonchev–Trinajstić information content (AvgIpc) is 3.18. The van der Waals surface area contributed by atoms with Gasteiger partial charge in [-0.3, -0.25) is 14.5 Å². The largest absolute Gasteiger partial charge is 0.480 e. The van der Waals surface area contributed by atoms with Gasteiger partial charge in [-0.05, 0) is 47.6 Å². The number of carboxylic acid groups (broad SMARTS) is 1. The lowest BCUT2D eigenvalue weighted by Crippen LogP contribution is -2.51. The van der Waals surface area contributed by atoms with Crippen LogP contribution >= 0.6 is 0 Å². The van der Waals surface area contributed by atoms with Crippen molar-refractivity contribution >= 4 is 23.8 Å². The fraction of sp³-hybridized carbons (Fsp3) is 0.290. The van der Waals surface area contributed by atoms with Crippen LogP contribution < -0.4 is 5.32 Å². The molecular formula is C31H33N3O5. The van der Waals surface area contributed by atoms with E-state index in [0.717, 1.165) is 21.6 Å². The highest BCUT2D eigenvalue weighted by Crippen LogP contribution is 2.29. The Hall–Kier alpha value is -4.46. The number of amides is 4. The van der Waals surface area contributed by atoms with Gasteiger partial charge in [0.25, 0.3) is 11.8 Å². The van der Waals surface area contributed by atoms with Crippen LogP contribution in [-0.2, 0) is 11.3 Å². The standard InChI is InChI=1S/C31H33N3O5/c1-21(2)15-17-33(31(39)32-20-22-9-5-3-6-10-22)27(30(37)38)16-18-34-28(35)25-14-13-24(19-26(25)29(34)36)23-11-7-4-8-12-23/h3-14,19,21,27H,15-18,20H2,1-2H3,(H,32,39)(H,37,38)/t27-/m1/s1. The Morgan fingerprint density at radius 3 is 2.13 bits per heavy atom. The molecule has 0 saturated heterocycles. The number of aliphatic carboxylic acids is 1. The van der Waals surface area contributed by atoms with Gasteiger partial charge in [0.15, 0.2) is 0 Å². The lowest BCUT2D eigenvalue weighted by atomic mass is 10.0. The van der Waals surface area contributed by atoms with Gasteiger partial charge in [-0.15, -0.1) is 0 Å². The summed E-state index contributed by atoms with van der Waals surface area (Å²) in [6.45, 7) is 4.37. The molecule has 0 radical (unpaired) electrons. The average molecular weight is 528 g/mol. The van der Waals surface area contributed by atoms with Crippen molar-refractivity contribution in [3.63, 3.8) is 0 Å². The molecule has 0 saturated carbocycles. The number of carboxylic acids is 1. The lowest BCUT2D eigenvalue weighted by Gasteiger charge is -2.30. The van der Waals surface area contributed by atoms with E-state index in [1.54, 1.807) is 18.2 Å². The SMILES string of the molecule is CC(C)CCN(C(=O)NCc1ccccc1)[C@H](CCN1C(=O)c2ccc(-c3ccccc3)cc2C1=O)C(=O)O. The minimum absolute atomic E-state index is 0.0802. The number of imide groups is 1. The third-order valence-electron chi connectivity index (χ3n) is 6.86. The van der Waals surface area contributed by atoms with E-state index in [0.29, 0.717) is 17.5 Å². The molecule has 39 heavy (non-hydrogen) atoms. The number of rotatable bonds is 11. The highest BCUT2D eigenvalue weighted by atomic mass is 16.4. The summed E-state index contributed by atoms with van der Waals surface area (Å²) in [5, 5.41) is 12.9. The van der Waals surface area contributed by atoms with E-state index in [4.69, 9.17) is 0 Å². The number of carbonyl (C=O) groups excluding carboxylic acids is 3. The number of carbonyl (C=O) groups is 4. The molecule has 2 N–H and O–H groups in total. The van der Waals surface area contributed by atoms with E-state index >= 15 is 0 Å². The third kappa shape index (κ3) is 6.52. The highest BCUT2D eigenvalue weighted by Gasteiger charge is 2.38. The first-order valence-electron chi connectivity index (χ1n) is 13.1. The van der Waals surface area contributed by atoms with Gasteiger partial charge in [-0.25, -0.2) is 9.59 Å². The Morgan fingerprint density at radius 1 is 0.846 bits per heavy atom. The van der Waals surface area contributed by atoms with E-state index in [1.807, 2.05) is 74.5 Å². The van der Waals surface area contributed by atoms with Crippen molar-refractivity contribution in [3.05, 3.63) is 95.6 Å². The topological polar surface area (TPSA) is 107 Å². The highest BCUT2D eigenvalue weighted by molar-refractivity contribution is 6.21. The Bertz CT molecular complexity index is 1340. The molecule has 3 aromatic rings. The zero-order valence-corrected chi connectivity index (χ0v) is 22.2. The molecular weight excluding hydrogens is 494 g/mol. The van der Waals surface area contributed by atoms with Crippen molar-refractivity contribution in [2.24, 2.45) is 5.92 Å². The van der Waals surface area contributed by atoms with Crippen molar-refractivity contribution in [2.75, 3.05) is 13.1 Å². The van der Waals surface area contributed by atoms with Crippen molar-refractivity contribution < 1.29 is 24.3 Å². The molecule has 0 fully saturated rings. The summed E-state index contributed by atoms with van der Waals surface area (Å²) in [4.78, 5) is 54.2. The number of hydrogen-bond acceptors (Lipinski definition) is 4. The number of fused-ring (bicyclic) bond motifs is 1. The smallest absolute Gasteiger partial charge is 0.326 e. The van der Waals surface area contributed by atoms with E-state index in [1.165, 1.54) is 4.90 Å². The second-order valence-electron chi connectivity index (χ2n) is 10.1. The van der Waals surface area contributed by atoms with Gasteiger partial charge in [0.05, 0.1) is 11.1 Å². The molecule has 1 atom stereocenters. The summed E-state index contributed by atoms with van der Waals surface area (Å²) in [5.74, 6) is -1.85. The molecule has 0 bridgehead atoms. The monoisotopic (exact) mass is 527 g/mol. The molecule has 4 rings (SSSR count). The summed E-state index contributed by atoms with van der Waals surface area (Å²) in [5.41, 5.74) is 3.22. The van der Waals surface area contributed by atoms with Gasteiger partial charge < -0.3 is 15.3 Å². The van der Waals surface area contributed by atoms with Crippen molar-refractivity contribution in [2.45, 2.75) is 39.3 Å². The molecule has 0 aromatic heterocycles. The number of benzene rings is 3. The molecule has 1 aliphatic rings. The first kappa shape index (κ1) is 27.6. The van der Waals surface area contributed by atoms with E-state index < -0.39 is 29.9 Å². The zero-order valence-electron chi connectivity index (χ0n) is 22.2. The van der Waals surface area contributed by atoms with Crippen LogP contribution in [0.3, 0.4) is 0 Å². The molecule has 8 nitrogen and oxygen atoms in total. The first-order valence-corrected chi connectivity index (χ1v) is 13.1. The molecule has 0 spiro atoms. The van der Waals surface area contributed by atoms with Gasteiger partial charge in [0.2, 0.25) is 0 Å². The number of nitrogens with one attached hydrogen (secondary N) is 1. The maximum atomic E-state index is 13.2. The normalized spacial score (nSPS) is 13.4. The fourth-order valence-corrected chi connectivity index (χ4v) is 4.64. The van der Waals surface area contributed by atoms with Crippen LogP contribution in [0.4, 0.5) is 4.79 Å². The molecule has 0 aliphatic carbocycles. The molecule has 1 heterocycles. The van der Waals surface area contributed by atoms with E-state index in [-0.39, 0.29) is 32.0 Å². The van der Waals surface area contributed by atoms with Crippen molar-refractivity contribution in [3.8, 4) is 11.1 Å². The molecule has 0 unspecified atom stereocenters. The molecule has 8 heteroatoms. The van der Waals surface area contributed by atoms with Gasteiger partial charge >= 0.3 is 12.0 Å². The molecule has 202 valence electrons. The van der Waals surface area contributed by atoms with Crippen LogP contribution in [0, 0.1) is 5.92 Å². The summed E-state index contributed by atoms with van der Waals surface area (Å²) < 4.78 is 0. The Labute approximate surface area is 228 Å². The zero-order chi connectivity index (χ0) is 27.9. The van der Waals surface area contributed by atoms with Crippen LogP contribution in [0.5, 0.6) is 0 Å². The number of nitrogens with zero attached hydrogens (tertiary/aromatic N) is 2. The van der Waals surface area contributed by atoms with Crippen LogP contribution in [0.1, 0.15) is 53.0 Å². The van der Waals surface area contributed by atoms with Gasteiger partial charge in [-0.1, -0.05) is 80.6 Å². The lowest BCUT2D eigenvalue weighted by molar-refractivity contribution is -0.142. The molecule has 3 aromatic carbocycles. The molecule has 4 amide bonds. The summed E-state index contributed by atoms with van der Waals surface area (Å²) >= 11 is 0. The predicted octanol–water partition coefficient (Wildman–Crippen LogP) is 5.05. The molecule has 1 aliphatic heterocycles. The van der Waals surface area contributed by atoms with Crippen LogP contribution in [-0.4, -0.2) is 57.9 Å². The first-order chi connectivity index (χ1) is 18.8. The number of urea groups is 1. The minimum atomic E-state index is -1.20. The van der Waals surface area contributed by atoms with Gasteiger partial charge in [0.1, 0.15) is 6.04 Å². The fourth-order valence-electron chi connectivity index (χ4n) is 4.64. The Kier molecular flexibility index (Phi) is 8.76. The van der Waals surface area contributed by atoms with Crippen LogP contribution in [0.15, 0.2) is 78.9 Å².